The lowest BCUT2D eigenvalue weighted by molar-refractivity contribution is 0.153. The molecular formula is C16H28Cl2N2O2. The lowest BCUT2D eigenvalue weighted by Crippen LogP contribution is -2.33. The fourth-order valence-corrected chi connectivity index (χ4v) is 3.40. The van der Waals surface area contributed by atoms with Gasteiger partial charge in [-0.25, -0.2) is 0 Å². The van der Waals surface area contributed by atoms with E-state index in [9.17, 15) is 0 Å². The Morgan fingerprint density at radius 2 is 1.86 bits per heavy atom. The minimum Gasteiger partial charge on any atom is -0.490 e. The third-order valence-electron chi connectivity index (χ3n) is 4.44. The first kappa shape index (κ1) is 21.5. The fourth-order valence-electron chi connectivity index (χ4n) is 3.40. The van der Waals surface area contributed by atoms with E-state index in [0.717, 1.165) is 25.7 Å². The molecule has 2 unspecified atom stereocenters. The van der Waals surface area contributed by atoms with Crippen molar-refractivity contribution in [3.63, 3.8) is 0 Å². The van der Waals surface area contributed by atoms with Crippen molar-refractivity contribution < 1.29 is 10.2 Å². The molecule has 0 spiro atoms. The smallest absolute Gasteiger partial charge is 0.126 e. The summed E-state index contributed by atoms with van der Waals surface area (Å²) in [6, 6.07) is 4.73. The van der Waals surface area contributed by atoms with Crippen LogP contribution >= 0.6 is 24.8 Å². The number of hydrogen-bond donors (Lipinski definition) is 2. The molecule has 1 heterocycles. The SMILES string of the molecule is Cl.Cl.NCCC(N)CC1CCc2ccc3c(c2O1)CCC3.O. The molecule has 0 fully saturated rings. The summed E-state index contributed by atoms with van der Waals surface area (Å²) in [6.07, 6.45) is 7.98. The van der Waals surface area contributed by atoms with Gasteiger partial charge in [0.15, 0.2) is 0 Å². The summed E-state index contributed by atoms with van der Waals surface area (Å²) in [5.74, 6) is 1.19. The minimum absolute atomic E-state index is 0. The molecule has 6 heteroatoms. The van der Waals surface area contributed by atoms with Gasteiger partial charge in [0, 0.05) is 6.04 Å². The first-order chi connectivity index (χ1) is 9.28. The van der Waals surface area contributed by atoms with E-state index >= 15 is 0 Å². The van der Waals surface area contributed by atoms with Gasteiger partial charge in [0.25, 0.3) is 0 Å². The lowest BCUT2D eigenvalue weighted by Gasteiger charge is -2.29. The van der Waals surface area contributed by atoms with Crippen molar-refractivity contribution in [1.29, 1.82) is 0 Å². The Balaban J connectivity index is 0.00000147. The molecule has 2 atom stereocenters. The van der Waals surface area contributed by atoms with Crippen molar-refractivity contribution in [2.24, 2.45) is 11.5 Å². The van der Waals surface area contributed by atoms with Gasteiger partial charge < -0.3 is 21.7 Å². The third-order valence-corrected chi connectivity index (χ3v) is 4.44. The summed E-state index contributed by atoms with van der Waals surface area (Å²) in [6.45, 7) is 0.667. The van der Waals surface area contributed by atoms with Crippen LogP contribution in [0.2, 0.25) is 0 Å². The maximum Gasteiger partial charge on any atom is 0.126 e. The Morgan fingerprint density at radius 1 is 1.14 bits per heavy atom. The molecule has 1 aromatic carbocycles. The quantitative estimate of drug-likeness (QED) is 0.868. The van der Waals surface area contributed by atoms with Gasteiger partial charge in [0.05, 0.1) is 0 Å². The average Bonchev–Trinajstić information content (AvgIpc) is 2.87. The molecule has 22 heavy (non-hydrogen) atoms. The molecule has 0 radical (unpaired) electrons. The highest BCUT2D eigenvalue weighted by Gasteiger charge is 2.26. The van der Waals surface area contributed by atoms with E-state index in [0.29, 0.717) is 6.54 Å². The predicted molar refractivity (Wildman–Crippen MR) is 95.6 cm³/mol. The van der Waals surface area contributed by atoms with Crippen LogP contribution in [0.5, 0.6) is 5.75 Å². The van der Waals surface area contributed by atoms with Crippen LogP contribution in [0.25, 0.3) is 0 Å². The largest absolute Gasteiger partial charge is 0.490 e. The summed E-state index contributed by atoms with van der Waals surface area (Å²) in [7, 11) is 0. The number of ether oxygens (including phenoxy) is 1. The molecule has 2 aliphatic rings. The zero-order valence-electron chi connectivity index (χ0n) is 12.8. The first-order valence-corrected chi connectivity index (χ1v) is 7.54. The highest BCUT2D eigenvalue weighted by atomic mass is 35.5. The van der Waals surface area contributed by atoms with Crippen molar-refractivity contribution >= 4 is 24.8 Å². The number of fused-ring (bicyclic) bond motifs is 3. The van der Waals surface area contributed by atoms with Crippen LogP contribution in [0, 0.1) is 0 Å². The Morgan fingerprint density at radius 3 is 2.59 bits per heavy atom. The van der Waals surface area contributed by atoms with E-state index in [1.165, 1.54) is 41.7 Å². The summed E-state index contributed by atoms with van der Waals surface area (Å²) in [4.78, 5) is 0. The molecule has 3 rings (SSSR count). The molecule has 0 aromatic heterocycles. The molecule has 4 nitrogen and oxygen atoms in total. The van der Waals surface area contributed by atoms with Crippen LogP contribution in [-0.4, -0.2) is 24.2 Å². The first-order valence-electron chi connectivity index (χ1n) is 7.54. The fraction of sp³-hybridized carbons (Fsp3) is 0.625. The maximum absolute atomic E-state index is 6.27. The van der Waals surface area contributed by atoms with Gasteiger partial charge in [0.1, 0.15) is 11.9 Å². The molecule has 0 bridgehead atoms. The van der Waals surface area contributed by atoms with Crippen molar-refractivity contribution in [3.8, 4) is 5.75 Å². The number of nitrogens with two attached hydrogens (primary N) is 2. The number of rotatable bonds is 4. The normalized spacial score (nSPS) is 19.5. The Bertz CT molecular complexity index is 472. The van der Waals surface area contributed by atoms with Crippen LogP contribution in [0.4, 0.5) is 0 Å². The number of halogens is 2. The molecule has 1 aliphatic heterocycles. The second kappa shape index (κ2) is 9.58. The Labute approximate surface area is 145 Å². The zero-order chi connectivity index (χ0) is 13.2. The van der Waals surface area contributed by atoms with Gasteiger partial charge in [-0.05, 0) is 68.2 Å². The van der Waals surface area contributed by atoms with E-state index in [-0.39, 0.29) is 42.4 Å². The van der Waals surface area contributed by atoms with Gasteiger partial charge in [-0.3, -0.25) is 0 Å². The standard InChI is InChI=1S/C16H24N2O.2ClH.H2O/c17-9-8-13(18)10-14-7-6-12-5-4-11-2-1-3-15(11)16(12)19-14;;;/h4-5,13-14H,1-3,6-10,17-18H2;2*1H;1H2. The van der Waals surface area contributed by atoms with E-state index in [1.54, 1.807) is 0 Å². The molecule has 0 saturated carbocycles. The van der Waals surface area contributed by atoms with E-state index < -0.39 is 0 Å². The highest BCUT2D eigenvalue weighted by Crippen LogP contribution is 2.38. The second-order valence-electron chi connectivity index (χ2n) is 5.90. The molecule has 0 saturated heterocycles. The number of aryl methyl sites for hydroxylation is 2. The third kappa shape index (κ3) is 4.49. The molecule has 6 N–H and O–H groups in total. The average molecular weight is 351 g/mol. The van der Waals surface area contributed by atoms with Crippen molar-refractivity contribution in [2.75, 3.05) is 6.54 Å². The van der Waals surface area contributed by atoms with Gasteiger partial charge in [-0.15, -0.1) is 24.8 Å². The van der Waals surface area contributed by atoms with Crippen LogP contribution in [-0.2, 0) is 19.3 Å². The molecule has 128 valence electrons. The van der Waals surface area contributed by atoms with Crippen molar-refractivity contribution in [1.82, 2.24) is 0 Å². The molecule has 1 aromatic rings. The Kier molecular flexibility index (Phi) is 9.35. The van der Waals surface area contributed by atoms with Gasteiger partial charge in [-0.1, -0.05) is 12.1 Å². The molecular weight excluding hydrogens is 323 g/mol. The monoisotopic (exact) mass is 350 g/mol. The topological polar surface area (TPSA) is 92.8 Å². The number of benzene rings is 1. The maximum atomic E-state index is 6.27. The lowest BCUT2D eigenvalue weighted by atomic mass is 9.94. The van der Waals surface area contributed by atoms with Crippen LogP contribution in [0.1, 0.15) is 42.4 Å². The Hall–Kier alpha value is -0.520. The van der Waals surface area contributed by atoms with E-state index in [1.807, 2.05) is 0 Å². The second-order valence-corrected chi connectivity index (χ2v) is 5.90. The van der Waals surface area contributed by atoms with Crippen molar-refractivity contribution in [3.05, 3.63) is 28.8 Å². The minimum atomic E-state index is 0. The van der Waals surface area contributed by atoms with Crippen LogP contribution in [0.3, 0.4) is 0 Å². The highest BCUT2D eigenvalue weighted by molar-refractivity contribution is 5.85. The summed E-state index contributed by atoms with van der Waals surface area (Å²) < 4.78 is 6.27. The van der Waals surface area contributed by atoms with Crippen LogP contribution < -0.4 is 16.2 Å². The predicted octanol–water partition coefficient (Wildman–Crippen LogP) is 1.95. The van der Waals surface area contributed by atoms with Gasteiger partial charge in [-0.2, -0.15) is 0 Å². The molecule has 1 aliphatic carbocycles. The van der Waals surface area contributed by atoms with E-state index in [4.69, 9.17) is 16.2 Å². The van der Waals surface area contributed by atoms with Crippen LogP contribution in [0.15, 0.2) is 12.1 Å². The summed E-state index contributed by atoms with van der Waals surface area (Å²) in [5, 5.41) is 0. The summed E-state index contributed by atoms with van der Waals surface area (Å²) >= 11 is 0. The van der Waals surface area contributed by atoms with Gasteiger partial charge in [0.2, 0.25) is 0 Å². The van der Waals surface area contributed by atoms with Gasteiger partial charge >= 0.3 is 0 Å². The van der Waals surface area contributed by atoms with Crippen molar-refractivity contribution in [2.45, 2.75) is 57.1 Å². The molecule has 0 amide bonds. The summed E-state index contributed by atoms with van der Waals surface area (Å²) in [5.41, 5.74) is 16.0. The number of hydrogen-bond acceptors (Lipinski definition) is 3. The zero-order valence-corrected chi connectivity index (χ0v) is 14.5. The van der Waals surface area contributed by atoms with E-state index in [2.05, 4.69) is 12.1 Å².